The Kier molecular flexibility index (Phi) is 7.56. The van der Waals surface area contributed by atoms with Gasteiger partial charge in [-0.3, -0.25) is 14.5 Å². The fraction of sp³-hybridized carbons (Fsp3) is 0.462. The minimum Gasteiger partial charge on any atom is -0.374 e. The standard InChI is InChI=1S/C26H33ClN4O2/c1-18-21(27)9-6-10-22(18)29-26(33)25(32)28-17-24(31-14-4-3-5-15-31)20-11-12-23-19(16-20)8-7-13-30(23)2/h6,9-12,16,24H,3-5,7-8,13-15,17H2,1-2H3,(H,28,32)(H,29,33)/t24-/m0/s1. The first-order valence-electron chi connectivity index (χ1n) is 11.9. The number of carbonyl (C=O) groups excluding carboxylic acids is 2. The van der Waals surface area contributed by atoms with Crippen molar-refractivity contribution in [1.29, 1.82) is 0 Å². The van der Waals surface area contributed by atoms with E-state index in [0.717, 1.165) is 50.9 Å². The van der Waals surface area contributed by atoms with Gasteiger partial charge in [-0.05, 0) is 80.6 Å². The second-order valence-corrected chi connectivity index (χ2v) is 9.51. The van der Waals surface area contributed by atoms with E-state index < -0.39 is 11.8 Å². The molecule has 0 radical (unpaired) electrons. The zero-order chi connectivity index (χ0) is 23.4. The van der Waals surface area contributed by atoms with Crippen molar-refractivity contribution >= 4 is 34.8 Å². The molecule has 2 aliphatic rings. The van der Waals surface area contributed by atoms with Crippen LogP contribution in [0.2, 0.25) is 5.02 Å². The average Bonchev–Trinajstić information content (AvgIpc) is 2.83. The average molecular weight is 469 g/mol. The van der Waals surface area contributed by atoms with Crippen LogP contribution in [0.4, 0.5) is 11.4 Å². The van der Waals surface area contributed by atoms with Crippen molar-refractivity contribution in [3.8, 4) is 0 Å². The molecule has 1 fully saturated rings. The zero-order valence-corrected chi connectivity index (χ0v) is 20.3. The third kappa shape index (κ3) is 5.50. The van der Waals surface area contributed by atoms with Crippen molar-refractivity contribution in [1.82, 2.24) is 10.2 Å². The molecule has 1 atom stereocenters. The molecule has 2 aromatic rings. The van der Waals surface area contributed by atoms with Crippen LogP contribution in [0.1, 0.15) is 48.4 Å². The molecule has 4 rings (SSSR count). The number of aryl methyl sites for hydroxylation is 1. The summed E-state index contributed by atoms with van der Waals surface area (Å²) >= 11 is 6.13. The number of piperidine rings is 1. The molecule has 7 heteroatoms. The van der Waals surface area contributed by atoms with E-state index in [4.69, 9.17) is 11.6 Å². The number of halogens is 1. The van der Waals surface area contributed by atoms with Crippen molar-refractivity contribution in [2.24, 2.45) is 0 Å². The van der Waals surface area contributed by atoms with Gasteiger partial charge in [0.05, 0.1) is 6.04 Å². The Bertz CT molecular complexity index is 1020. The molecule has 2 N–H and O–H groups in total. The first-order valence-corrected chi connectivity index (χ1v) is 12.2. The van der Waals surface area contributed by atoms with Crippen LogP contribution >= 0.6 is 11.6 Å². The summed E-state index contributed by atoms with van der Waals surface area (Å²) in [4.78, 5) is 29.9. The fourth-order valence-corrected chi connectivity index (χ4v) is 5.07. The summed E-state index contributed by atoms with van der Waals surface area (Å²) in [5.74, 6) is -1.31. The molecule has 0 unspecified atom stereocenters. The van der Waals surface area contributed by atoms with Gasteiger partial charge in [0.1, 0.15) is 0 Å². The van der Waals surface area contributed by atoms with Gasteiger partial charge < -0.3 is 15.5 Å². The summed E-state index contributed by atoms with van der Waals surface area (Å²) in [6.07, 6.45) is 5.79. The van der Waals surface area contributed by atoms with Crippen LogP contribution < -0.4 is 15.5 Å². The number of likely N-dealkylation sites (tertiary alicyclic amines) is 1. The number of rotatable bonds is 5. The number of hydrogen-bond acceptors (Lipinski definition) is 4. The van der Waals surface area contributed by atoms with E-state index in [0.29, 0.717) is 17.3 Å². The summed E-state index contributed by atoms with van der Waals surface area (Å²) in [6.45, 7) is 5.31. The molecule has 0 aromatic heterocycles. The lowest BCUT2D eigenvalue weighted by Gasteiger charge is -2.36. The maximum absolute atomic E-state index is 12.7. The second kappa shape index (κ2) is 10.6. The SMILES string of the molecule is Cc1c(Cl)cccc1NC(=O)C(=O)NC[C@@H](c1ccc2c(c1)CCCN2C)N1CCCCC1. The molecule has 2 amide bonds. The van der Waals surface area contributed by atoms with E-state index in [2.05, 4.69) is 45.7 Å². The Balaban J connectivity index is 1.47. The molecule has 176 valence electrons. The van der Waals surface area contributed by atoms with Crippen LogP contribution in [0.25, 0.3) is 0 Å². The van der Waals surface area contributed by atoms with Gasteiger partial charge in [0.25, 0.3) is 0 Å². The fourth-order valence-electron chi connectivity index (χ4n) is 4.89. The first kappa shape index (κ1) is 23.6. The number of anilines is 2. The highest BCUT2D eigenvalue weighted by Crippen LogP contribution is 2.31. The van der Waals surface area contributed by atoms with Gasteiger partial charge in [0.2, 0.25) is 0 Å². The van der Waals surface area contributed by atoms with Crippen molar-refractivity contribution in [2.75, 3.05) is 43.4 Å². The Morgan fingerprint density at radius 1 is 1.03 bits per heavy atom. The van der Waals surface area contributed by atoms with E-state index in [-0.39, 0.29) is 6.04 Å². The lowest BCUT2D eigenvalue weighted by atomic mass is 9.95. The number of fused-ring (bicyclic) bond motifs is 1. The van der Waals surface area contributed by atoms with E-state index in [1.165, 1.54) is 23.2 Å². The van der Waals surface area contributed by atoms with E-state index in [9.17, 15) is 9.59 Å². The van der Waals surface area contributed by atoms with Gasteiger partial charge in [-0.1, -0.05) is 36.2 Å². The molecule has 2 aromatic carbocycles. The third-order valence-corrected chi connectivity index (χ3v) is 7.26. The predicted molar refractivity (Wildman–Crippen MR) is 134 cm³/mol. The molecule has 2 aliphatic heterocycles. The van der Waals surface area contributed by atoms with Crippen molar-refractivity contribution in [3.05, 3.63) is 58.1 Å². The summed E-state index contributed by atoms with van der Waals surface area (Å²) in [5.41, 5.74) is 5.16. The van der Waals surface area contributed by atoms with Crippen LogP contribution in [0.15, 0.2) is 36.4 Å². The highest BCUT2D eigenvalue weighted by molar-refractivity contribution is 6.40. The normalized spacial score (nSPS) is 17.2. The molecule has 0 aliphatic carbocycles. The van der Waals surface area contributed by atoms with Crippen molar-refractivity contribution < 1.29 is 9.59 Å². The first-order chi connectivity index (χ1) is 15.9. The number of amides is 2. The summed E-state index contributed by atoms with van der Waals surface area (Å²) < 4.78 is 0. The Hall–Kier alpha value is -2.57. The number of hydrogen-bond donors (Lipinski definition) is 2. The lowest BCUT2D eigenvalue weighted by molar-refractivity contribution is -0.136. The molecule has 0 bridgehead atoms. The molecular weight excluding hydrogens is 436 g/mol. The van der Waals surface area contributed by atoms with Crippen LogP contribution in [0, 0.1) is 6.92 Å². The maximum Gasteiger partial charge on any atom is 0.313 e. The molecule has 33 heavy (non-hydrogen) atoms. The number of nitrogens with zero attached hydrogens (tertiary/aromatic N) is 2. The summed E-state index contributed by atoms with van der Waals surface area (Å²) in [6, 6.07) is 12.0. The van der Waals surface area contributed by atoms with Gasteiger partial charge in [-0.25, -0.2) is 0 Å². The second-order valence-electron chi connectivity index (χ2n) is 9.10. The molecular formula is C26H33ClN4O2. The van der Waals surface area contributed by atoms with Crippen molar-refractivity contribution in [2.45, 2.75) is 45.1 Å². The van der Waals surface area contributed by atoms with Crippen LogP contribution in [0.5, 0.6) is 0 Å². The van der Waals surface area contributed by atoms with E-state index >= 15 is 0 Å². The summed E-state index contributed by atoms with van der Waals surface area (Å²) in [7, 11) is 2.14. The minimum atomic E-state index is -0.676. The zero-order valence-electron chi connectivity index (χ0n) is 19.5. The van der Waals surface area contributed by atoms with E-state index in [1.54, 1.807) is 18.2 Å². The summed E-state index contributed by atoms with van der Waals surface area (Å²) in [5, 5.41) is 6.12. The van der Waals surface area contributed by atoms with Crippen LogP contribution in [-0.4, -0.2) is 49.9 Å². The Morgan fingerprint density at radius 2 is 1.82 bits per heavy atom. The van der Waals surface area contributed by atoms with Crippen molar-refractivity contribution in [3.63, 3.8) is 0 Å². The predicted octanol–water partition coefficient (Wildman–Crippen LogP) is 4.31. The van der Waals surface area contributed by atoms with Gasteiger partial charge in [0, 0.05) is 36.5 Å². The topological polar surface area (TPSA) is 64.7 Å². The highest BCUT2D eigenvalue weighted by Gasteiger charge is 2.26. The van der Waals surface area contributed by atoms with Gasteiger partial charge >= 0.3 is 11.8 Å². The van der Waals surface area contributed by atoms with E-state index in [1.807, 2.05) is 6.92 Å². The Morgan fingerprint density at radius 3 is 2.61 bits per heavy atom. The lowest BCUT2D eigenvalue weighted by Crippen LogP contribution is -2.43. The number of benzene rings is 2. The minimum absolute atomic E-state index is 0.0486. The molecule has 2 heterocycles. The quantitative estimate of drug-likeness (QED) is 0.642. The molecule has 0 saturated carbocycles. The largest absolute Gasteiger partial charge is 0.374 e. The Labute approximate surface area is 201 Å². The third-order valence-electron chi connectivity index (χ3n) is 6.85. The highest BCUT2D eigenvalue weighted by atomic mass is 35.5. The number of carbonyl (C=O) groups is 2. The van der Waals surface area contributed by atoms with Crippen LogP contribution in [-0.2, 0) is 16.0 Å². The molecule has 1 saturated heterocycles. The van der Waals surface area contributed by atoms with Crippen LogP contribution in [0.3, 0.4) is 0 Å². The molecule has 0 spiro atoms. The maximum atomic E-state index is 12.7. The smallest absolute Gasteiger partial charge is 0.313 e. The molecule has 6 nitrogen and oxygen atoms in total. The monoisotopic (exact) mass is 468 g/mol. The van der Waals surface area contributed by atoms with Gasteiger partial charge in [0.15, 0.2) is 0 Å². The number of nitrogens with one attached hydrogen (secondary N) is 2. The van der Waals surface area contributed by atoms with Gasteiger partial charge in [-0.15, -0.1) is 0 Å². The van der Waals surface area contributed by atoms with Gasteiger partial charge in [-0.2, -0.15) is 0 Å².